The SMILES string of the molecule is CCc1nc(C=O)c2ccc(C(=O)O)cn12. The van der Waals surface area contributed by atoms with Gasteiger partial charge in [0.2, 0.25) is 0 Å². The molecule has 5 heteroatoms. The number of imidazole rings is 1. The molecule has 0 fully saturated rings. The van der Waals surface area contributed by atoms with Crippen molar-refractivity contribution in [1.29, 1.82) is 0 Å². The first kappa shape index (κ1) is 10.4. The first-order valence-electron chi connectivity index (χ1n) is 4.86. The summed E-state index contributed by atoms with van der Waals surface area (Å²) in [6.45, 7) is 1.90. The van der Waals surface area contributed by atoms with Gasteiger partial charge >= 0.3 is 5.97 Å². The zero-order valence-corrected chi connectivity index (χ0v) is 8.67. The van der Waals surface area contributed by atoms with E-state index >= 15 is 0 Å². The fourth-order valence-corrected chi connectivity index (χ4v) is 1.64. The molecule has 16 heavy (non-hydrogen) atoms. The van der Waals surface area contributed by atoms with Crippen molar-refractivity contribution in [2.24, 2.45) is 0 Å². The molecule has 2 rings (SSSR count). The van der Waals surface area contributed by atoms with Gasteiger partial charge < -0.3 is 9.51 Å². The summed E-state index contributed by atoms with van der Waals surface area (Å²) in [6.07, 6.45) is 2.80. The highest BCUT2D eigenvalue weighted by atomic mass is 16.4. The Morgan fingerprint density at radius 1 is 1.56 bits per heavy atom. The number of aromatic carboxylic acids is 1. The van der Waals surface area contributed by atoms with Crippen molar-refractivity contribution in [3.05, 3.63) is 35.4 Å². The number of pyridine rings is 1. The molecular weight excluding hydrogens is 208 g/mol. The minimum absolute atomic E-state index is 0.178. The predicted molar refractivity (Wildman–Crippen MR) is 56.9 cm³/mol. The minimum Gasteiger partial charge on any atom is -0.478 e. The monoisotopic (exact) mass is 218 g/mol. The predicted octanol–water partition coefficient (Wildman–Crippen LogP) is 1.41. The number of hydrogen-bond donors (Lipinski definition) is 1. The van der Waals surface area contributed by atoms with Crippen molar-refractivity contribution in [2.75, 3.05) is 0 Å². The van der Waals surface area contributed by atoms with Crippen LogP contribution in [0.1, 0.15) is 33.6 Å². The highest BCUT2D eigenvalue weighted by Gasteiger charge is 2.11. The van der Waals surface area contributed by atoms with Gasteiger partial charge in [0.15, 0.2) is 6.29 Å². The maximum absolute atomic E-state index is 10.8. The summed E-state index contributed by atoms with van der Waals surface area (Å²) >= 11 is 0. The molecule has 0 aliphatic rings. The van der Waals surface area contributed by atoms with Crippen molar-refractivity contribution in [3.63, 3.8) is 0 Å². The molecule has 0 aliphatic heterocycles. The Hall–Kier alpha value is -2.17. The van der Waals surface area contributed by atoms with Crippen LogP contribution in [-0.2, 0) is 6.42 Å². The molecule has 82 valence electrons. The standard InChI is InChI=1S/C11H10N2O3/c1-2-10-12-8(6-14)9-4-3-7(11(15)16)5-13(9)10/h3-6H,2H2,1H3,(H,15,16). The van der Waals surface area contributed by atoms with Crippen LogP contribution < -0.4 is 0 Å². The molecule has 0 unspecified atom stereocenters. The van der Waals surface area contributed by atoms with E-state index in [1.807, 2.05) is 6.92 Å². The van der Waals surface area contributed by atoms with Crippen LogP contribution in [-0.4, -0.2) is 26.7 Å². The lowest BCUT2D eigenvalue weighted by Crippen LogP contribution is -2.00. The third kappa shape index (κ3) is 1.46. The van der Waals surface area contributed by atoms with Crippen molar-refractivity contribution < 1.29 is 14.7 Å². The molecule has 5 nitrogen and oxygen atoms in total. The van der Waals surface area contributed by atoms with E-state index in [1.165, 1.54) is 12.3 Å². The number of carboxylic acids is 1. The van der Waals surface area contributed by atoms with Crippen molar-refractivity contribution in [2.45, 2.75) is 13.3 Å². The Morgan fingerprint density at radius 2 is 2.31 bits per heavy atom. The van der Waals surface area contributed by atoms with E-state index in [1.54, 1.807) is 10.5 Å². The molecule has 0 aromatic carbocycles. The lowest BCUT2D eigenvalue weighted by Gasteiger charge is -2.00. The smallest absolute Gasteiger partial charge is 0.337 e. The normalized spacial score (nSPS) is 10.6. The summed E-state index contributed by atoms with van der Waals surface area (Å²) < 4.78 is 1.65. The van der Waals surface area contributed by atoms with E-state index in [9.17, 15) is 9.59 Å². The van der Waals surface area contributed by atoms with Gasteiger partial charge in [-0.15, -0.1) is 0 Å². The van der Waals surface area contributed by atoms with E-state index in [4.69, 9.17) is 5.11 Å². The van der Waals surface area contributed by atoms with Crippen LogP contribution in [0, 0.1) is 0 Å². The zero-order chi connectivity index (χ0) is 11.7. The Bertz CT molecular complexity index is 572. The molecule has 0 aliphatic carbocycles. The molecule has 0 spiro atoms. The Morgan fingerprint density at radius 3 is 2.88 bits per heavy atom. The Balaban J connectivity index is 2.76. The second kappa shape index (κ2) is 3.77. The number of nitrogens with zero attached hydrogens (tertiary/aromatic N) is 2. The third-order valence-corrected chi connectivity index (χ3v) is 2.41. The second-order valence-electron chi connectivity index (χ2n) is 3.36. The van der Waals surface area contributed by atoms with Gasteiger partial charge in [0.1, 0.15) is 11.5 Å². The first-order chi connectivity index (χ1) is 7.67. The van der Waals surface area contributed by atoms with E-state index in [-0.39, 0.29) is 5.56 Å². The molecule has 0 atom stereocenters. The average Bonchev–Trinajstić information content (AvgIpc) is 2.65. The summed E-state index contributed by atoms with van der Waals surface area (Å²) in [6, 6.07) is 3.06. The van der Waals surface area contributed by atoms with Crippen LogP contribution in [0.3, 0.4) is 0 Å². The molecule has 0 amide bonds. The zero-order valence-electron chi connectivity index (χ0n) is 8.67. The number of carbonyl (C=O) groups excluding carboxylic acids is 1. The number of rotatable bonds is 3. The van der Waals surface area contributed by atoms with Gasteiger partial charge in [0.25, 0.3) is 0 Å². The first-order valence-corrected chi connectivity index (χ1v) is 4.86. The second-order valence-corrected chi connectivity index (χ2v) is 3.36. The summed E-state index contributed by atoms with van der Waals surface area (Å²) in [5.74, 6) is -0.314. The molecule has 2 aromatic rings. The average molecular weight is 218 g/mol. The van der Waals surface area contributed by atoms with Crippen LogP contribution in [0.2, 0.25) is 0 Å². The fourth-order valence-electron chi connectivity index (χ4n) is 1.64. The van der Waals surface area contributed by atoms with E-state index in [0.29, 0.717) is 29.7 Å². The quantitative estimate of drug-likeness (QED) is 0.790. The topological polar surface area (TPSA) is 71.7 Å². The molecule has 1 N–H and O–H groups in total. The van der Waals surface area contributed by atoms with E-state index < -0.39 is 5.97 Å². The van der Waals surface area contributed by atoms with Crippen LogP contribution in [0.5, 0.6) is 0 Å². The van der Waals surface area contributed by atoms with Gasteiger partial charge in [-0.2, -0.15) is 0 Å². The Kier molecular flexibility index (Phi) is 2.44. The van der Waals surface area contributed by atoms with Gasteiger partial charge in [-0.1, -0.05) is 6.92 Å². The summed E-state index contributed by atoms with van der Waals surface area (Å²) in [5.41, 5.74) is 1.16. The number of hydrogen-bond acceptors (Lipinski definition) is 3. The molecule has 0 saturated heterocycles. The molecule has 0 bridgehead atoms. The summed E-state index contributed by atoms with van der Waals surface area (Å²) in [5, 5.41) is 8.87. The molecule has 0 radical (unpaired) electrons. The Labute approximate surface area is 91.3 Å². The number of fused-ring (bicyclic) bond motifs is 1. The van der Waals surface area contributed by atoms with Crippen LogP contribution >= 0.6 is 0 Å². The van der Waals surface area contributed by atoms with Gasteiger partial charge in [0, 0.05) is 12.6 Å². The molecular formula is C11H10N2O3. The van der Waals surface area contributed by atoms with Crippen LogP contribution in [0.25, 0.3) is 5.52 Å². The van der Waals surface area contributed by atoms with E-state index in [2.05, 4.69) is 4.98 Å². The molecule has 2 heterocycles. The maximum atomic E-state index is 10.8. The van der Waals surface area contributed by atoms with Crippen molar-refractivity contribution >= 4 is 17.8 Å². The summed E-state index contributed by atoms with van der Waals surface area (Å²) in [4.78, 5) is 25.7. The lowest BCUT2D eigenvalue weighted by atomic mass is 10.2. The largest absolute Gasteiger partial charge is 0.478 e. The number of aromatic nitrogens is 2. The van der Waals surface area contributed by atoms with Gasteiger partial charge in [-0.25, -0.2) is 9.78 Å². The molecule has 2 aromatic heterocycles. The van der Waals surface area contributed by atoms with Gasteiger partial charge in [-0.05, 0) is 12.1 Å². The number of aldehydes is 1. The summed E-state index contributed by atoms with van der Waals surface area (Å²) in [7, 11) is 0. The molecule has 0 saturated carbocycles. The number of carbonyl (C=O) groups is 2. The van der Waals surface area contributed by atoms with Crippen LogP contribution in [0.15, 0.2) is 18.3 Å². The highest BCUT2D eigenvalue weighted by molar-refractivity contribution is 5.89. The minimum atomic E-state index is -0.995. The fraction of sp³-hybridized carbons (Fsp3) is 0.182. The van der Waals surface area contributed by atoms with E-state index in [0.717, 1.165) is 0 Å². The van der Waals surface area contributed by atoms with Gasteiger partial charge in [0.05, 0.1) is 11.1 Å². The van der Waals surface area contributed by atoms with Crippen molar-refractivity contribution in [3.8, 4) is 0 Å². The van der Waals surface area contributed by atoms with Crippen molar-refractivity contribution in [1.82, 2.24) is 9.38 Å². The number of aryl methyl sites for hydroxylation is 1. The lowest BCUT2D eigenvalue weighted by molar-refractivity contribution is 0.0696. The highest BCUT2D eigenvalue weighted by Crippen LogP contribution is 2.14. The maximum Gasteiger partial charge on any atom is 0.337 e. The van der Waals surface area contributed by atoms with Crippen LogP contribution in [0.4, 0.5) is 0 Å². The number of carboxylic acid groups (broad SMARTS) is 1. The van der Waals surface area contributed by atoms with Gasteiger partial charge in [-0.3, -0.25) is 4.79 Å². The third-order valence-electron chi connectivity index (χ3n) is 2.41.